The van der Waals surface area contributed by atoms with Gasteiger partial charge in [0.25, 0.3) is 5.91 Å². The lowest BCUT2D eigenvalue weighted by atomic mass is 9.98. The summed E-state index contributed by atoms with van der Waals surface area (Å²) in [7, 11) is 0. The summed E-state index contributed by atoms with van der Waals surface area (Å²) >= 11 is 0. The van der Waals surface area contributed by atoms with Gasteiger partial charge in [-0.05, 0) is 31.4 Å². The fourth-order valence-corrected chi connectivity index (χ4v) is 2.93. The van der Waals surface area contributed by atoms with Crippen LogP contribution < -0.4 is 10.1 Å². The number of hydrogen-bond donors (Lipinski definition) is 1. The van der Waals surface area contributed by atoms with Crippen molar-refractivity contribution in [2.45, 2.75) is 38.1 Å². The Bertz CT molecular complexity index is 461. The van der Waals surface area contributed by atoms with Gasteiger partial charge in [-0.25, -0.2) is 0 Å². The van der Waals surface area contributed by atoms with E-state index >= 15 is 0 Å². The molecule has 0 aromatic heterocycles. The number of nitrogens with one attached hydrogen (secondary N) is 1. The van der Waals surface area contributed by atoms with Crippen LogP contribution in [0, 0.1) is 6.92 Å². The van der Waals surface area contributed by atoms with Crippen LogP contribution in [0.3, 0.4) is 0 Å². The second kappa shape index (κ2) is 3.76. The van der Waals surface area contributed by atoms with Gasteiger partial charge in [0.15, 0.2) is 0 Å². The Labute approximate surface area is 101 Å². The summed E-state index contributed by atoms with van der Waals surface area (Å²) in [5, 5.41) is 3.19. The third-order valence-electron chi connectivity index (χ3n) is 3.90. The number of hydrogen-bond acceptors (Lipinski definition) is 2. The highest BCUT2D eigenvalue weighted by Crippen LogP contribution is 2.34. The quantitative estimate of drug-likeness (QED) is 0.744. The highest BCUT2D eigenvalue weighted by Gasteiger charge is 2.39. The summed E-state index contributed by atoms with van der Waals surface area (Å²) < 4.78 is 5.85. The van der Waals surface area contributed by atoms with Crippen LogP contribution in [0.15, 0.2) is 18.2 Å². The Morgan fingerprint density at radius 2 is 2.06 bits per heavy atom. The van der Waals surface area contributed by atoms with Crippen molar-refractivity contribution in [1.29, 1.82) is 0 Å². The number of rotatable bonds is 0. The molecule has 1 aliphatic heterocycles. The number of ether oxygens (including phenoxy) is 1. The van der Waals surface area contributed by atoms with Crippen LogP contribution in [0.4, 0.5) is 0 Å². The predicted molar refractivity (Wildman–Crippen MR) is 65.3 cm³/mol. The minimum absolute atomic E-state index is 0.0255. The molecule has 0 unspecified atom stereocenters. The van der Waals surface area contributed by atoms with E-state index in [0.717, 1.165) is 24.2 Å². The molecule has 1 aromatic carbocycles. The van der Waals surface area contributed by atoms with Crippen molar-refractivity contribution in [3.05, 3.63) is 29.3 Å². The standard InChI is InChI=1S/C14H17NO2/c1-10-5-4-6-11-12(10)13(16)15-14(9-17-11)7-2-3-8-14/h4-6H,2-3,7-9H2,1H3,(H,15,16). The molecule has 90 valence electrons. The van der Waals surface area contributed by atoms with Gasteiger partial charge in [-0.2, -0.15) is 0 Å². The first-order chi connectivity index (χ1) is 8.20. The van der Waals surface area contributed by atoms with E-state index in [1.54, 1.807) is 0 Å². The molecule has 17 heavy (non-hydrogen) atoms. The van der Waals surface area contributed by atoms with Gasteiger partial charge in [0.1, 0.15) is 12.4 Å². The molecule has 3 heteroatoms. The van der Waals surface area contributed by atoms with Crippen molar-refractivity contribution < 1.29 is 9.53 Å². The molecule has 0 saturated heterocycles. The predicted octanol–water partition coefficient (Wildman–Crippen LogP) is 2.43. The molecule has 1 spiro atoms. The topological polar surface area (TPSA) is 38.3 Å². The third kappa shape index (κ3) is 1.70. The van der Waals surface area contributed by atoms with Gasteiger partial charge in [-0.15, -0.1) is 0 Å². The first-order valence-electron chi connectivity index (χ1n) is 6.25. The molecule has 0 radical (unpaired) electrons. The monoisotopic (exact) mass is 231 g/mol. The van der Waals surface area contributed by atoms with Crippen LogP contribution in [0.25, 0.3) is 0 Å². The average Bonchev–Trinajstić information content (AvgIpc) is 2.69. The maximum Gasteiger partial charge on any atom is 0.255 e. The van der Waals surface area contributed by atoms with Crippen LogP contribution in [0.5, 0.6) is 5.75 Å². The van der Waals surface area contributed by atoms with Crippen molar-refractivity contribution in [3.63, 3.8) is 0 Å². The molecule has 1 N–H and O–H groups in total. The minimum Gasteiger partial charge on any atom is -0.490 e. The average molecular weight is 231 g/mol. The van der Waals surface area contributed by atoms with Crippen LogP contribution >= 0.6 is 0 Å². The third-order valence-corrected chi connectivity index (χ3v) is 3.90. The van der Waals surface area contributed by atoms with Crippen LogP contribution in [0.2, 0.25) is 0 Å². The van der Waals surface area contributed by atoms with Crippen molar-refractivity contribution in [2.24, 2.45) is 0 Å². The van der Waals surface area contributed by atoms with Crippen LogP contribution in [-0.4, -0.2) is 18.1 Å². The Morgan fingerprint density at radius 3 is 2.82 bits per heavy atom. The fraction of sp³-hybridized carbons (Fsp3) is 0.500. The number of carbonyl (C=O) groups is 1. The van der Waals surface area contributed by atoms with Crippen molar-refractivity contribution in [2.75, 3.05) is 6.61 Å². The lowest BCUT2D eigenvalue weighted by molar-refractivity contribution is 0.0889. The molecular formula is C14H17NO2. The number of carbonyl (C=O) groups excluding carboxylic acids is 1. The molecule has 2 aliphatic rings. The van der Waals surface area contributed by atoms with Gasteiger partial charge in [0.05, 0.1) is 11.1 Å². The lowest BCUT2D eigenvalue weighted by Crippen LogP contribution is -2.49. The smallest absolute Gasteiger partial charge is 0.255 e. The van der Waals surface area contributed by atoms with Gasteiger partial charge in [0, 0.05) is 0 Å². The van der Waals surface area contributed by atoms with Gasteiger partial charge >= 0.3 is 0 Å². The SMILES string of the molecule is Cc1cccc2c1C(=O)NC1(CCCC1)CO2. The lowest BCUT2D eigenvalue weighted by Gasteiger charge is -2.27. The molecule has 1 fully saturated rings. The van der Waals surface area contributed by atoms with E-state index in [9.17, 15) is 4.79 Å². The van der Waals surface area contributed by atoms with E-state index < -0.39 is 0 Å². The maximum atomic E-state index is 12.3. The molecule has 1 amide bonds. The van der Waals surface area contributed by atoms with Gasteiger partial charge < -0.3 is 10.1 Å². The molecule has 0 bridgehead atoms. The zero-order valence-corrected chi connectivity index (χ0v) is 10.1. The number of amides is 1. The summed E-state index contributed by atoms with van der Waals surface area (Å²) in [6.07, 6.45) is 4.43. The Kier molecular flexibility index (Phi) is 2.35. The van der Waals surface area contributed by atoms with E-state index in [4.69, 9.17) is 4.74 Å². The molecule has 1 saturated carbocycles. The van der Waals surface area contributed by atoms with E-state index in [0.29, 0.717) is 12.2 Å². The Morgan fingerprint density at radius 1 is 1.29 bits per heavy atom. The summed E-state index contributed by atoms with van der Waals surface area (Å²) in [4.78, 5) is 12.3. The largest absolute Gasteiger partial charge is 0.490 e. The van der Waals surface area contributed by atoms with E-state index in [-0.39, 0.29) is 11.4 Å². The van der Waals surface area contributed by atoms with Crippen LogP contribution in [0.1, 0.15) is 41.6 Å². The highest BCUT2D eigenvalue weighted by atomic mass is 16.5. The molecule has 0 atom stereocenters. The molecule has 3 nitrogen and oxygen atoms in total. The Balaban J connectivity index is 2.00. The van der Waals surface area contributed by atoms with Gasteiger partial charge in [-0.3, -0.25) is 4.79 Å². The van der Waals surface area contributed by atoms with Crippen molar-refractivity contribution in [1.82, 2.24) is 5.32 Å². The summed E-state index contributed by atoms with van der Waals surface area (Å²) in [6.45, 7) is 2.56. The normalized spacial score (nSPS) is 21.6. The fourth-order valence-electron chi connectivity index (χ4n) is 2.93. The minimum atomic E-state index is -0.122. The summed E-state index contributed by atoms with van der Waals surface area (Å²) in [5.74, 6) is 0.753. The van der Waals surface area contributed by atoms with Crippen LogP contribution in [-0.2, 0) is 0 Å². The second-order valence-electron chi connectivity index (χ2n) is 5.18. The van der Waals surface area contributed by atoms with Gasteiger partial charge in [-0.1, -0.05) is 25.0 Å². The number of benzene rings is 1. The van der Waals surface area contributed by atoms with Crippen molar-refractivity contribution in [3.8, 4) is 5.75 Å². The molecular weight excluding hydrogens is 214 g/mol. The van der Waals surface area contributed by atoms with Gasteiger partial charge in [0.2, 0.25) is 0 Å². The Hall–Kier alpha value is -1.51. The second-order valence-corrected chi connectivity index (χ2v) is 5.18. The molecule has 1 heterocycles. The highest BCUT2D eigenvalue weighted by molar-refractivity contribution is 5.99. The number of fused-ring (bicyclic) bond motifs is 1. The first-order valence-corrected chi connectivity index (χ1v) is 6.25. The van der Waals surface area contributed by atoms with E-state index in [1.807, 2.05) is 25.1 Å². The van der Waals surface area contributed by atoms with E-state index in [2.05, 4.69) is 5.32 Å². The maximum absolute atomic E-state index is 12.3. The summed E-state index contributed by atoms with van der Waals surface area (Å²) in [5.41, 5.74) is 1.56. The molecule has 1 aromatic rings. The van der Waals surface area contributed by atoms with E-state index in [1.165, 1.54) is 12.8 Å². The molecule has 1 aliphatic carbocycles. The zero-order chi connectivity index (χ0) is 11.9. The van der Waals surface area contributed by atoms with Crippen molar-refractivity contribution >= 4 is 5.91 Å². The first kappa shape index (κ1) is 10.6. The number of aryl methyl sites for hydroxylation is 1. The summed E-state index contributed by atoms with van der Waals surface area (Å²) in [6, 6.07) is 5.78. The zero-order valence-electron chi connectivity index (χ0n) is 10.1. The molecule has 3 rings (SSSR count).